The molecular weight excluding hydrogens is 291 g/mol. The molecule has 1 aromatic carbocycles. The second kappa shape index (κ2) is 6.78. The van der Waals surface area contributed by atoms with Gasteiger partial charge in [-0.15, -0.1) is 11.3 Å². The molecule has 1 N–H and O–H groups in total. The molecule has 21 heavy (non-hydrogen) atoms. The van der Waals surface area contributed by atoms with Crippen LogP contribution < -0.4 is 0 Å². The Morgan fingerprint density at radius 2 is 2.05 bits per heavy atom. The Morgan fingerprint density at radius 1 is 1.38 bits per heavy atom. The Labute approximate surface area is 126 Å². The molecule has 0 aliphatic heterocycles. The summed E-state index contributed by atoms with van der Waals surface area (Å²) in [5, 5.41) is 9.71. The normalized spacial score (nSPS) is 10.7. The number of thiazole rings is 1. The standard InChI is InChI=1S/C15H17FN2O2S/c1-10-14(15(20)18(2)7-8-19)21-13(17-10)9-11-3-5-12(16)6-4-11/h3-6,19H,7-9H2,1-2H3. The zero-order valence-corrected chi connectivity index (χ0v) is 12.8. The van der Waals surface area contributed by atoms with Crippen LogP contribution in [0.25, 0.3) is 0 Å². The number of aryl methyl sites for hydroxylation is 1. The molecule has 0 saturated heterocycles. The lowest BCUT2D eigenvalue weighted by Crippen LogP contribution is -2.29. The lowest BCUT2D eigenvalue weighted by atomic mass is 10.1. The van der Waals surface area contributed by atoms with E-state index in [1.165, 1.54) is 28.4 Å². The number of hydrogen-bond donors (Lipinski definition) is 1. The van der Waals surface area contributed by atoms with Crippen LogP contribution >= 0.6 is 11.3 Å². The summed E-state index contributed by atoms with van der Waals surface area (Å²) in [7, 11) is 1.65. The molecule has 0 radical (unpaired) electrons. The lowest BCUT2D eigenvalue weighted by molar-refractivity contribution is 0.0771. The fourth-order valence-electron chi connectivity index (χ4n) is 1.93. The maximum Gasteiger partial charge on any atom is 0.265 e. The summed E-state index contributed by atoms with van der Waals surface area (Å²) in [6.07, 6.45) is 0.572. The van der Waals surface area contributed by atoms with Crippen molar-refractivity contribution in [2.45, 2.75) is 13.3 Å². The van der Waals surface area contributed by atoms with E-state index in [9.17, 15) is 9.18 Å². The van der Waals surface area contributed by atoms with Gasteiger partial charge in [-0.3, -0.25) is 4.79 Å². The zero-order valence-electron chi connectivity index (χ0n) is 12.0. The number of aliphatic hydroxyl groups is 1. The molecule has 0 atom stereocenters. The monoisotopic (exact) mass is 308 g/mol. The molecule has 1 amide bonds. The summed E-state index contributed by atoms with van der Waals surface area (Å²) in [6.45, 7) is 2.02. The van der Waals surface area contributed by atoms with Crippen LogP contribution in [0.2, 0.25) is 0 Å². The van der Waals surface area contributed by atoms with Crippen molar-refractivity contribution in [3.63, 3.8) is 0 Å². The predicted molar refractivity (Wildman–Crippen MR) is 80.1 cm³/mol. The Bertz CT molecular complexity index is 625. The van der Waals surface area contributed by atoms with Crippen LogP contribution in [0.5, 0.6) is 0 Å². The maximum absolute atomic E-state index is 12.9. The number of hydrogen-bond acceptors (Lipinski definition) is 4. The molecule has 0 bridgehead atoms. The van der Waals surface area contributed by atoms with Gasteiger partial charge in [-0.1, -0.05) is 12.1 Å². The molecular formula is C15H17FN2O2S. The lowest BCUT2D eigenvalue weighted by Gasteiger charge is -2.14. The Balaban J connectivity index is 2.15. The quantitative estimate of drug-likeness (QED) is 0.921. The largest absolute Gasteiger partial charge is 0.395 e. The van der Waals surface area contributed by atoms with Gasteiger partial charge < -0.3 is 10.0 Å². The van der Waals surface area contributed by atoms with E-state index < -0.39 is 0 Å². The topological polar surface area (TPSA) is 53.4 Å². The van der Waals surface area contributed by atoms with Crippen LogP contribution in [-0.2, 0) is 6.42 Å². The molecule has 6 heteroatoms. The third kappa shape index (κ3) is 3.86. The first kappa shape index (κ1) is 15.6. The van der Waals surface area contributed by atoms with E-state index in [4.69, 9.17) is 5.11 Å². The second-order valence-electron chi connectivity index (χ2n) is 4.78. The van der Waals surface area contributed by atoms with Crippen molar-refractivity contribution in [1.29, 1.82) is 0 Å². The number of aliphatic hydroxyl groups excluding tert-OH is 1. The molecule has 0 spiro atoms. The van der Waals surface area contributed by atoms with E-state index in [1.807, 2.05) is 0 Å². The van der Waals surface area contributed by atoms with E-state index in [1.54, 1.807) is 26.1 Å². The highest BCUT2D eigenvalue weighted by Gasteiger charge is 2.18. The predicted octanol–water partition coefficient (Wildman–Crippen LogP) is 2.25. The van der Waals surface area contributed by atoms with E-state index in [0.717, 1.165) is 10.6 Å². The van der Waals surface area contributed by atoms with Gasteiger partial charge in [0.05, 0.1) is 17.3 Å². The molecule has 1 aromatic heterocycles. The molecule has 2 aromatic rings. The summed E-state index contributed by atoms with van der Waals surface area (Å²) in [5.41, 5.74) is 1.64. The van der Waals surface area contributed by atoms with Gasteiger partial charge in [0.1, 0.15) is 10.7 Å². The third-order valence-corrected chi connectivity index (χ3v) is 4.23. The molecule has 0 aliphatic rings. The SMILES string of the molecule is Cc1nc(Cc2ccc(F)cc2)sc1C(=O)N(C)CCO. The number of carbonyl (C=O) groups is 1. The summed E-state index contributed by atoms with van der Waals surface area (Å²) in [6, 6.07) is 6.25. The average Bonchev–Trinajstić information content (AvgIpc) is 2.81. The highest BCUT2D eigenvalue weighted by atomic mass is 32.1. The first-order valence-electron chi connectivity index (χ1n) is 6.58. The number of likely N-dealkylation sites (N-methyl/N-ethyl adjacent to an activating group) is 1. The van der Waals surface area contributed by atoms with Gasteiger partial charge in [-0.25, -0.2) is 9.37 Å². The van der Waals surface area contributed by atoms with Crippen molar-refractivity contribution in [1.82, 2.24) is 9.88 Å². The van der Waals surface area contributed by atoms with Crippen molar-refractivity contribution in [2.24, 2.45) is 0 Å². The van der Waals surface area contributed by atoms with E-state index in [0.29, 0.717) is 23.5 Å². The number of amides is 1. The molecule has 1 heterocycles. The minimum Gasteiger partial charge on any atom is -0.395 e. The van der Waals surface area contributed by atoms with Crippen LogP contribution in [0.4, 0.5) is 4.39 Å². The smallest absolute Gasteiger partial charge is 0.265 e. The molecule has 0 fully saturated rings. The Morgan fingerprint density at radius 3 is 2.67 bits per heavy atom. The van der Waals surface area contributed by atoms with E-state index in [-0.39, 0.29) is 18.3 Å². The number of nitrogens with zero attached hydrogens (tertiary/aromatic N) is 2. The maximum atomic E-state index is 12.9. The molecule has 0 aliphatic carbocycles. The third-order valence-electron chi connectivity index (χ3n) is 3.09. The number of carbonyl (C=O) groups excluding carboxylic acids is 1. The van der Waals surface area contributed by atoms with Crippen molar-refractivity contribution in [3.05, 3.63) is 51.2 Å². The minimum atomic E-state index is -0.268. The van der Waals surface area contributed by atoms with Crippen LogP contribution in [0, 0.1) is 12.7 Å². The molecule has 2 rings (SSSR count). The first-order valence-corrected chi connectivity index (χ1v) is 7.40. The first-order chi connectivity index (χ1) is 10.0. The number of aromatic nitrogens is 1. The Hall–Kier alpha value is -1.79. The van der Waals surface area contributed by atoms with Crippen molar-refractivity contribution >= 4 is 17.2 Å². The van der Waals surface area contributed by atoms with E-state index in [2.05, 4.69) is 4.98 Å². The molecule has 112 valence electrons. The van der Waals surface area contributed by atoms with Gasteiger partial charge in [0.25, 0.3) is 5.91 Å². The molecule has 0 unspecified atom stereocenters. The molecule has 0 saturated carbocycles. The van der Waals surface area contributed by atoms with Gasteiger partial charge in [0.2, 0.25) is 0 Å². The summed E-state index contributed by atoms with van der Waals surface area (Å²) >= 11 is 1.34. The fourth-order valence-corrected chi connectivity index (χ4v) is 3.02. The fraction of sp³-hybridized carbons (Fsp3) is 0.333. The summed E-state index contributed by atoms with van der Waals surface area (Å²) in [5.74, 6) is -0.403. The van der Waals surface area contributed by atoms with Gasteiger partial charge >= 0.3 is 0 Å². The van der Waals surface area contributed by atoms with E-state index >= 15 is 0 Å². The highest BCUT2D eigenvalue weighted by Crippen LogP contribution is 2.22. The number of halogens is 1. The van der Waals surface area contributed by atoms with Gasteiger partial charge in [-0.2, -0.15) is 0 Å². The average molecular weight is 308 g/mol. The van der Waals surface area contributed by atoms with Crippen LogP contribution in [0.1, 0.15) is 25.9 Å². The van der Waals surface area contributed by atoms with Crippen LogP contribution in [0.3, 0.4) is 0 Å². The van der Waals surface area contributed by atoms with Crippen molar-refractivity contribution in [2.75, 3.05) is 20.2 Å². The molecule has 4 nitrogen and oxygen atoms in total. The minimum absolute atomic E-state index is 0.0669. The zero-order chi connectivity index (χ0) is 15.4. The number of rotatable bonds is 5. The summed E-state index contributed by atoms with van der Waals surface area (Å²) in [4.78, 5) is 18.7. The van der Waals surface area contributed by atoms with Crippen molar-refractivity contribution in [3.8, 4) is 0 Å². The summed E-state index contributed by atoms with van der Waals surface area (Å²) < 4.78 is 12.9. The highest BCUT2D eigenvalue weighted by molar-refractivity contribution is 7.13. The van der Waals surface area contributed by atoms with Gasteiger partial charge in [0.15, 0.2) is 0 Å². The Kier molecular flexibility index (Phi) is 5.03. The van der Waals surface area contributed by atoms with Gasteiger partial charge in [-0.05, 0) is 24.6 Å². The van der Waals surface area contributed by atoms with Crippen LogP contribution in [0.15, 0.2) is 24.3 Å². The number of benzene rings is 1. The van der Waals surface area contributed by atoms with Crippen molar-refractivity contribution < 1.29 is 14.3 Å². The second-order valence-corrected chi connectivity index (χ2v) is 5.86. The van der Waals surface area contributed by atoms with Gasteiger partial charge in [0, 0.05) is 20.0 Å². The van der Waals surface area contributed by atoms with Crippen LogP contribution in [-0.4, -0.2) is 41.1 Å².